The van der Waals surface area contributed by atoms with Crippen LogP contribution in [0.4, 0.5) is 0 Å². The van der Waals surface area contributed by atoms with E-state index in [0.29, 0.717) is 0 Å². The summed E-state index contributed by atoms with van der Waals surface area (Å²) in [4.78, 5) is 0. The van der Waals surface area contributed by atoms with Crippen LogP contribution in [0.3, 0.4) is 0 Å². The molecule has 0 nitrogen and oxygen atoms in total. The zero-order valence-corrected chi connectivity index (χ0v) is 19.0. The minimum atomic E-state index is 0. The van der Waals surface area contributed by atoms with Crippen LogP contribution >= 0.6 is 0 Å². The molecule has 0 saturated heterocycles. The Labute approximate surface area is 180 Å². The Hall–Kier alpha value is -1.33. The van der Waals surface area contributed by atoms with Gasteiger partial charge in [-0.3, -0.25) is 0 Å². The maximum Gasteiger partial charge on any atom is -0.0512 e. The minimum absolute atomic E-state index is 0. The molecule has 3 aromatic carbocycles. The fraction of sp³-hybridized carbons (Fsp3) is 0.308. The zero-order chi connectivity index (χ0) is 18.0. The molecule has 0 unspecified atom stereocenters. The molecule has 0 bridgehead atoms. The third kappa shape index (κ3) is 6.97. The first-order valence-corrected chi connectivity index (χ1v) is 11.3. The second-order valence-corrected chi connectivity index (χ2v) is 7.83. The van der Waals surface area contributed by atoms with E-state index in [-0.39, 0.29) is 7.43 Å². The van der Waals surface area contributed by atoms with Gasteiger partial charge in [0.25, 0.3) is 0 Å². The van der Waals surface area contributed by atoms with Crippen molar-refractivity contribution in [2.45, 2.75) is 51.4 Å². The van der Waals surface area contributed by atoms with Crippen LogP contribution < -0.4 is 0 Å². The maximum atomic E-state index is 2.26. The van der Waals surface area contributed by atoms with E-state index in [9.17, 15) is 0 Å². The van der Waals surface area contributed by atoms with Crippen molar-refractivity contribution < 1.29 is 24.2 Å². The molecule has 0 radical (unpaired) electrons. The molecule has 2 aliphatic carbocycles. The standard InChI is InChI=1S/2C9H11.C7H6.CH3.Zr/c2*1-2-5-9-7-3-6-8(9)4-1;1-7-5-3-2-4-6-7;;/h2*3,6-7H,1-2,4-5H2;1-6H;1H3;/q2*-1;;-1;. The molecule has 2 aliphatic rings. The van der Waals surface area contributed by atoms with Gasteiger partial charge in [-0.05, 0) is 0 Å². The van der Waals surface area contributed by atoms with Gasteiger partial charge in [0.15, 0.2) is 0 Å². The van der Waals surface area contributed by atoms with Gasteiger partial charge in [0.2, 0.25) is 0 Å². The first-order chi connectivity index (χ1) is 12.9. The van der Waals surface area contributed by atoms with Crippen LogP contribution in [-0.4, -0.2) is 3.71 Å². The monoisotopic (exact) mass is 433 g/mol. The first kappa shape index (κ1) is 22.0. The largest absolute Gasteiger partial charge is 0.210 e. The van der Waals surface area contributed by atoms with Gasteiger partial charge in [0.1, 0.15) is 0 Å². The van der Waals surface area contributed by atoms with Crippen LogP contribution in [0.5, 0.6) is 0 Å². The van der Waals surface area contributed by atoms with E-state index in [4.69, 9.17) is 0 Å². The summed E-state index contributed by atoms with van der Waals surface area (Å²) < 4.78 is 2.17. The fourth-order valence-electron chi connectivity index (χ4n) is 3.78. The molecule has 5 rings (SSSR count). The van der Waals surface area contributed by atoms with Crippen molar-refractivity contribution in [2.75, 3.05) is 0 Å². The molecular formula is C26H31Zr-3. The molecule has 0 saturated carbocycles. The van der Waals surface area contributed by atoms with Crippen molar-refractivity contribution >= 4 is 3.71 Å². The fourth-order valence-corrected chi connectivity index (χ4v) is 4.25. The smallest absolute Gasteiger partial charge is 0.0512 e. The van der Waals surface area contributed by atoms with Crippen molar-refractivity contribution in [3.63, 3.8) is 0 Å². The van der Waals surface area contributed by atoms with Gasteiger partial charge in [0, 0.05) is 0 Å². The van der Waals surface area contributed by atoms with Gasteiger partial charge in [-0.1, -0.05) is 51.4 Å². The SMILES string of the molecule is [CH3-].[Zr]=[CH]c1ccccc1.c1cc2c([cH-]1)CCCC2.c1cc2c([cH-]1)CCCC2. The number of hydrogen-bond acceptors (Lipinski definition) is 0. The Morgan fingerprint density at radius 2 is 1.15 bits per heavy atom. The average Bonchev–Trinajstić information content (AvgIpc) is 3.38. The summed E-state index contributed by atoms with van der Waals surface area (Å²) in [5.74, 6) is 0. The van der Waals surface area contributed by atoms with Crippen molar-refractivity contribution in [3.05, 3.63) is 102 Å². The summed E-state index contributed by atoms with van der Waals surface area (Å²) in [6.07, 6.45) is 10.9. The van der Waals surface area contributed by atoms with E-state index in [1.54, 1.807) is 22.3 Å². The van der Waals surface area contributed by atoms with Gasteiger partial charge >= 0.3 is 63.8 Å². The Morgan fingerprint density at radius 1 is 0.667 bits per heavy atom. The predicted molar refractivity (Wildman–Crippen MR) is 115 cm³/mol. The van der Waals surface area contributed by atoms with Crippen molar-refractivity contribution in [2.24, 2.45) is 0 Å². The van der Waals surface area contributed by atoms with Gasteiger partial charge < -0.3 is 7.43 Å². The zero-order valence-electron chi connectivity index (χ0n) is 16.6. The van der Waals surface area contributed by atoms with E-state index in [0.717, 1.165) is 0 Å². The molecule has 27 heavy (non-hydrogen) atoms. The summed E-state index contributed by atoms with van der Waals surface area (Å²) in [5, 5.41) is 0. The number of fused-ring (bicyclic) bond motifs is 2. The molecule has 3 aromatic rings. The van der Waals surface area contributed by atoms with Crippen LogP contribution in [0.1, 0.15) is 53.5 Å². The van der Waals surface area contributed by atoms with Gasteiger partial charge in [-0.15, -0.1) is 0 Å². The van der Waals surface area contributed by atoms with Crippen LogP contribution in [0.25, 0.3) is 0 Å². The van der Waals surface area contributed by atoms with Gasteiger partial charge in [-0.25, -0.2) is 12.1 Å². The number of rotatable bonds is 1. The predicted octanol–water partition coefficient (Wildman–Crippen LogP) is 6.40. The van der Waals surface area contributed by atoms with Crippen LogP contribution in [-0.2, 0) is 49.9 Å². The van der Waals surface area contributed by atoms with E-state index in [2.05, 4.69) is 64.4 Å². The molecule has 1 heteroatoms. The topological polar surface area (TPSA) is 0 Å². The Kier molecular flexibility index (Phi) is 9.92. The quantitative estimate of drug-likeness (QED) is 0.389. The summed E-state index contributed by atoms with van der Waals surface area (Å²) in [5.41, 5.74) is 7.72. The molecule has 0 N–H and O–H groups in total. The number of benzene rings is 1. The van der Waals surface area contributed by atoms with E-state index < -0.39 is 0 Å². The van der Waals surface area contributed by atoms with Crippen LogP contribution in [0.2, 0.25) is 0 Å². The number of hydrogen-bond donors (Lipinski definition) is 0. The van der Waals surface area contributed by atoms with Crippen molar-refractivity contribution in [1.29, 1.82) is 0 Å². The molecule has 0 aromatic heterocycles. The van der Waals surface area contributed by atoms with Crippen molar-refractivity contribution in [3.8, 4) is 0 Å². The third-order valence-corrected chi connectivity index (χ3v) is 6.08. The third-order valence-electron chi connectivity index (χ3n) is 5.27. The van der Waals surface area contributed by atoms with E-state index >= 15 is 0 Å². The molecule has 142 valence electrons. The molecule has 0 fully saturated rings. The Morgan fingerprint density at radius 3 is 1.56 bits per heavy atom. The maximum absolute atomic E-state index is 2.26. The van der Waals surface area contributed by atoms with Gasteiger partial charge in [0.05, 0.1) is 0 Å². The summed E-state index contributed by atoms with van der Waals surface area (Å²) in [7, 11) is 0. The molecule has 0 spiro atoms. The molecule has 0 amide bonds. The first-order valence-electron chi connectivity index (χ1n) is 9.89. The summed E-state index contributed by atoms with van der Waals surface area (Å²) in [6.45, 7) is 0. The van der Waals surface area contributed by atoms with Gasteiger partial charge in [-0.2, -0.15) is 46.5 Å². The molecular weight excluding hydrogens is 404 g/mol. The van der Waals surface area contributed by atoms with Crippen molar-refractivity contribution in [1.82, 2.24) is 0 Å². The van der Waals surface area contributed by atoms with E-state index in [1.165, 1.54) is 81.2 Å². The Bertz CT molecular complexity index is 688. The molecule has 0 aliphatic heterocycles. The molecule has 0 heterocycles. The second-order valence-electron chi connectivity index (χ2n) is 7.12. The second kappa shape index (κ2) is 12.2. The normalized spacial score (nSPS) is 14.0. The molecule has 0 atom stereocenters. The summed E-state index contributed by atoms with van der Waals surface area (Å²) in [6, 6.07) is 23.7. The van der Waals surface area contributed by atoms with E-state index in [1.807, 2.05) is 6.07 Å². The Balaban J connectivity index is 0.000000143. The van der Waals surface area contributed by atoms with Crippen LogP contribution in [0.15, 0.2) is 66.7 Å². The minimum Gasteiger partial charge on any atom is -0.210 e. The number of aryl methyl sites for hydroxylation is 4. The van der Waals surface area contributed by atoms with Crippen LogP contribution in [0, 0.1) is 7.43 Å². The summed E-state index contributed by atoms with van der Waals surface area (Å²) >= 11 is 1.46. The average molecular weight is 435 g/mol.